The van der Waals surface area contributed by atoms with E-state index in [1.165, 1.54) is 7.11 Å². The molecule has 2 rings (SSSR count). The zero-order valence-electron chi connectivity index (χ0n) is 8.96. The molecular formula is C12H12N2O2. The van der Waals surface area contributed by atoms with Crippen LogP contribution in [0.5, 0.6) is 0 Å². The minimum Gasteiger partial charge on any atom is -0.597 e. The van der Waals surface area contributed by atoms with Gasteiger partial charge in [-0.25, -0.2) is 0 Å². The summed E-state index contributed by atoms with van der Waals surface area (Å²) in [7, 11) is 1.36. The lowest BCUT2D eigenvalue weighted by Crippen LogP contribution is -2.01. The third kappa shape index (κ3) is 2.11. The Labute approximate surface area is 93.3 Å². The van der Waals surface area contributed by atoms with Gasteiger partial charge >= 0.3 is 0 Å². The third-order valence-corrected chi connectivity index (χ3v) is 2.36. The molecule has 0 unspecified atom stereocenters. The Hall–Kier alpha value is -2.10. The molecule has 0 bridgehead atoms. The van der Waals surface area contributed by atoms with E-state index < -0.39 is 0 Å². The molecule has 0 aliphatic carbocycles. The maximum atomic E-state index is 11.3. The Balaban J connectivity index is 2.41. The topological polar surface area (TPSA) is 47.7 Å². The van der Waals surface area contributed by atoms with Crippen LogP contribution in [0.25, 0.3) is 10.8 Å². The van der Waals surface area contributed by atoms with Gasteiger partial charge in [-0.05, 0) is 10.8 Å². The monoisotopic (exact) mass is 216 g/mol. The summed E-state index contributed by atoms with van der Waals surface area (Å²) in [6.07, 6.45) is 0. The summed E-state index contributed by atoms with van der Waals surface area (Å²) in [6, 6.07) is 13.8. The molecule has 0 spiro atoms. The molecule has 0 N–H and O–H groups in total. The molecule has 0 saturated heterocycles. The average molecular weight is 216 g/mol. The van der Waals surface area contributed by atoms with E-state index in [-0.39, 0.29) is 6.54 Å². The van der Waals surface area contributed by atoms with Crippen LogP contribution in [0.3, 0.4) is 0 Å². The lowest BCUT2D eigenvalue weighted by Gasteiger charge is -2.04. The molecule has 4 heteroatoms. The first-order valence-electron chi connectivity index (χ1n) is 4.96. The fraction of sp³-hybridized carbons (Fsp3) is 0.167. The first-order valence-corrected chi connectivity index (χ1v) is 4.96. The van der Waals surface area contributed by atoms with Gasteiger partial charge in [-0.3, -0.25) is 0 Å². The van der Waals surface area contributed by atoms with Crippen molar-refractivity contribution in [2.75, 3.05) is 7.11 Å². The highest BCUT2D eigenvalue weighted by atomic mass is 16.7. The van der Waals surface area contributed by atoms with Crippen molar-refractivity contribution in [2.24, 2.45) is 5.28 Å². The predicted octanol–water partition coefficient (Wildman–Crippen LogP) is 2.86. The number of hydrogen-bond acceptors (Lipinski definition) is 3. The quantitative estimate of drug-likeness (QED) is 0.450. The molecule has 82 valence electrons. The first-order chi connectivity index (χ1) is 7.81. The van der Waals surface area contributed by atoms with Gasteiger partial charge in [-0.15, -0.1) is 0 Å². The Morgan fingerprint density at radius 1 is 1.19 bits per heavy atom. The molecule has 0 amide bonds. The number of hydrogen-bond donors (Lipinski definition) is 0. The molecule has 0 atom stereocenters. The fourth-order valence-electron chi connectivity index (χ4n) is 1.70. The molecule has 0 aliphatic rings. The first kappa shape index (κ1) is 10.4. The van der Waals surface area contributed by atoms with E-state index in [4.69, 9.17) is 0 Å². The van der Waals surface area contributed by atoms with Crippen molar-refractivity contribution in [3.63, 3.8) is 0 Å². The third-order valence-electron chi connectivity index (χ3n) is 2.36. The van der Waals surface area contributed by atoms with Crippen LogP contribution in [0.15, 0.2) is 47.7 Å². The van der Waals surface area contributed by atoms with Crippen molar-refractivity contribution < 1.29 is 9.70 Å². The summed E-state index contributed by atoms with van der Waals surface area (Å²) in [6.45, 7) is 0.190. The van der Waals surface area contributed by atoms with Gasteiger partial charge in [-0.1, -0.05) is 47.3 Å². The summed E-state index contributed by atoms with van der Waals surface area (Å²) < 4.78 is 0. The van der Waals surface area contributed by atoms with Gasteiger partial charge in [0.25, 0.3) is 0 Å². The van der Waals surface area contributed by atoms with Crippen LogP contribution in [-0.4, -0.2) is 12.0 Å². The standard InChI is InChI=1S/C12H12N2O2/c1-16-13-14(15)9-11-7-4-6-10-5-2-3-8-12(10)11/h2-8H,9H2,1H3. The normalized spacial score (nSPS) is 11.7. The Bertz CT molecular complexity index is 518. The fourth-order valence-corrected chi connectivity index (χ4v) is 1.70. The van der Waals surface area contributed by atoms with E-state index in [0.717, 1.165) is 16.3 Å². The Kier molecular flexibility index (Phi) is 3.00. The SMILES string of the molecule is CON=[N+]([O-])Cc1cccc2ccccc12. The predicted molar refractivity (Wildman–Crippen MR) is 60.7 cm³/mol. The highest BCUT2D eigenvalue weighted by Crippen LogP contribution is 2.18. The molecule has 0 heterocycles. The summed E-state index contributed by atoms with van der Waals surface area (Å²) in [5.74, 6) is 0. The minimum absolute atomic E-state index is 0.190. The van der Waals surface area contributed by atoms with Crippen molar-refractivity contribution in [1.82, 2.24) is 0 Å². The lowest BCUT2D eigenvalue weighted by atomic mass is 10.1. The van der Waals surface area contributed by atoms with E-state index in [9.17, 15) is 5.21 Å². The Morgan fingerprint density at radius 3 is 2.75 bits per heavy atom. The smallest absolute Gasteiger partial charge is 0.209 e. The van der Waals surface area contributed by atoms with Crippen LogP contribution in [0.2, 0.25) is 0 Å². The zero-order chi connectivity index (χ0) is 11.4. The van der Waals surface area contributed by atoms with Crippen LogP contribution in [0, 0.1) is 5.21 Å². The van der Waals surface area contributed by atoms with Crippen LogP contribution in [0.1, 0.15) is 5.56 Å². The van der Waals surface area contributed by atoms with Crippen LogP contribution in [0.4, 0.5) is 0 Å². The van der Waals surface area contributed by atoms with Crippen molar-refractivity contribution >= 4 is 10.8 Å². The van der Waals surface area contributed by atoms with Gasteiger partial charge in [-0.2, -0.15) is 0 Å². The van der Waals surface area contributed by atoms with Gasteiger partial charge in [0.15, 0.2) is 5.28 Å². The summed E-state index contributed by atoms with van der Waals surface area (Å²) >= 11 is 0. The maximum Gasteiger partial charge on any atom is 0.209 e. The number of fused-ring (bicyclic) bond motifs is 1. The van der Waals surface area contributed by atoms with Gasteiger partial charge in [0.1, 0.15) is 7.11 Å². The second kappa shape index (κ2) is 4.61. The number of rotatable bonds is 3. The molecule has 0 aliphatic heterocycles. The van der Waals surface area contributed by atoms with Crippen LogP contribution < -0.4 is 0 Å². The van der Waals surface area contributed by atoms with E-state index in [1.54, 1.807) is 0 Å². The molecule has 0 radical (unpaired) electrons. The summed E-state index contributed by atoms with van der Waals surface area (Å²) in [5.41, 5.74) is 0.939. The second-order valence-electron chi connectivity index (χ2n) is 3.41. The van der Waals surface area contributed by atoms with Gasteiger partial charge in [0.2, 0.25) is 6.54 Å². The summed E-state index contributed by atoms with van der Waals surface area (Å²) in [4.78, 5) is 4.96. The maximum absolute atomic E-state index is 11.3. The van der Waals surface area contributed by atoms with E-state index in [1.807, 2.05) is 42.5 Å². The second-order valence-corrected chi connectivity index (χ2v) is 3.41. The van der Waals surface area contributed by atoms with E-state index >= 15 is 0 Å². The molecule has 2 aromatic rings. The molecular weight excluding hydrogens is 204 g/mol. The van der Waals surface area contributed by atoms with Crippen molar-refractivity contribution in [2.45, 2.75) is 6.54 Å². The van der Waals surface area contributed by atoms with Crippen molar-refractivity contribution in [3.05, 3.63) is 53.2 Å². The van der Waals surface area contributed by atoms with Crippen LogP contribution in [-0.2, 0) is 11.4 Å². The number of nitrogens with zero attached hydrogens (tertiary/aromatic N) is 2. The zero-order valence-corrected chi connectivity index (χ0v) is 8.96. The Morgan fingerprint density at radius 2 is 1.94 bits per heavy atom. The van der Waals surface area contributed by atoms with Crippen LogP contribution >= 0.6 is 0 Å². The largest absolute Gasteiger partial charge is 0.597 e. The molecule has 0 aromatic heterocycles. The van der Waals surface area contributed by atoms with Crippen molar-refractivity contribution in [3.8, 4) is 0 Å². The molecule has 0 saturated carbocycles. The minimum atomic E-state index is 0.190. The molecule has 16 heavy (non-hydrogen) atoms. The van der Waals surface area contributed by atoms with Gasteiger partial charge < -0.3 is 10.0 Å². The van der Waals surface area contributed by atoms with Gasteiger partial charge in [0.05, 0.1) is 0 Å². The van der Waals surface area contributed by atoms with Crippen molar-refractivity contribution in [1.29, 1.82) is 0 Å². The summed E-state index contributed by atoms with van der Waals surface area (Å²) in [5, 5.41) is 16.8. The molecule has 2 aromatic carbocycles. The van der Waals surface area contributed by atoms with E-state index in [0.29, 0.717) is 4.86 Å². The van der Waals surface area contributed by atoms with Gasteiger partial charge in [0, 0.05) is 5.56 Å². The van der Waals surface area contributed by atoms with E-state index in [2.05, 4.69) is 10.1 Å². The number of benzene rings is 2. The lowest BCUT2D eigenvalue weighted by molar-refractivity contribution is -0.572. The molecule has 4 nitrogen and oxygen atoms in total. The highest BCUT2D eigenvalue weighted by molar-refractivity contribution is 5.85. The average Bonchev–Trinajstić information content (AvgIpc) is 2.30. The number of hydroxylamine groups is 1. The molecule has 0 fully saturated rings. The highest BCUT2D eigenvalue weighted by Gasteiger charge is 2.05.